The van der Waals surface area contributed by atoms with Crippen LogP contribution in [0.4, 0.5) is 4.39 Å². The molecule has 3 rings (SSSR count). The van der Waals surface area contributed by atoms with Gasteiger partial charge >= 0.3 is 0 Å². The van der Waals surface area contributed by atoms with Crippen molar-refractivity contribution >= 4 is 0 Å². The topological polar surface area (TPSA) is 46.8 Å². The van der Waals surface area contributed by atoms with E-state index in [0.29, 0.717) is 13.1 Å². The number of benzene rings is 2. The van der Waals surface area contributed by atoms with Crippen LogP contribution in [-0.4, -0.2) is 25.1 Å². The van der Waals surface area contributed by atoms with E-state index in [1.54, 1.807) is 0 Å². The van der Waals surface area contributed by atoms with Crippen LogP contribution < -0.4 is 0 Å². The first-order valence-electron chi connectivity index (χ1n) is 8.70. The first kappa shape index (κ1) is 18.2. The molecule has 0 saturated heterocycles. The Bertz CT molecular complexity index is 821. The molecule has 0 fully saturated rings. The van der Waals surface area contributed by atoms with Crippen molar-refractivity contribution < 1.29 is 4.39 Å². The van der Waals surface area contributed by atoms with E-state index >= 15 is 0 Å². The van der Waals surface area contributed by atoms with Gasteiger partial charge in [-0.1, -0.05) is 42.5 Å². The van der Waals surface area contributed by atoms with Crippen molar-refractivity contribution in [2.45, 2.75) is 45.9 Å². The maximum atomic E-state index is 13.2. The molecule has 0 aliphatic carbocycles. The van der Waals surface area contributed by atoms with Crippen molar-refractivity contribution in [2.75, 3.05) is 0 Å². The zero-order valence-electron chi connectivity index (χ0n) is 15.4. The lowest BCUT2D eigenvalue weighted by Gasteiger charge is -2.25. The van der Waals surface area contributed by atoms with Gasteiger partial charge in [-0.2, -0.15) is 0 Å². The van der Waals surface area contributed by atoms with Gasteiger partial charge in [-0.25, -0.2) is 9.07 Å². The first-order chi connectivity index (χ1) is 12.4. The molecule has 0 aliphatic rings. The van der Waals surface area contributed by atoms with E-state index in [0.717, 1.165) is 17.9 Å². The summed E-state index contributed by atoms with van der Waals surface area (Å²) in [4.78, 5) is 2.26. The Labute approximate surface area is 153 Å². The molecule has 0 saturated carbocycles. The number of nitrogens with zero attached hydrogens (tertiary/aromatic N) is 5. The van der Waals surface area contributed by atoms with Crippen LogP contribution in [0.5, 0.6) is 0 Å². The van der Waals surface area contributed by atoms with Crippen LogP contribution in [0.15, 0.2) is 54.6 Å². The van der Waals surface area contributed by atoms with Crippen molar-refractivity contribution in [1.29, 1.82) is 0 Å². The second kappa shape index (κ2) is 7.74. The van der Waals surface area contributed by atoms with E-state index in [1.165, 1.54) is 17.7 Å². The minimum absolute atomic E-state index is 0.187. The van der Waals surface area contributed by atoms with Gasteiger partial charge in [0.25, 0.3) is 0 Å². The quantitative estimate of drug-likeness (QED) is 0.677. The van der Waals surface area contributed by atoms with Gasteiger partial charge in [0, 0.05) is 13.1 Å². The highest BCUT2D eigenvalue weighted by atomic mass is 19.1. The van der Waals surface area contributed by atoms with Gasteiger partial charge in [0.2, 0.25) is 0 Å². The maximum absolute atomic E-state index is 13.2. The highest BCUT2D eigenvalue weighted by Gasteiger charge is 2.21. The second-order valence-corrected chi connectivity index (χ2v) is 7.43. The van der Waals surface area contributed by atoms with Gasteiger partial charge in [-0.3, -0.25) is 4.90 Å². The predicted molar refractivity (Wildman–Crippen MR) is 98.6 cm³/mol. The Kier molecular flexibility index (Phi) is 5.42. The van der Waals surface area contributed by atoms with Gasteiger partial charge in [0.05, 0.1) is 12.1 Å². The van der Waals surface area contributed by atoms with Crippen LogP contribution in [0.25, 0.3) is 0 Å². The molecule has 0 atom stereocenters. The molecule has 0 radical (unpaired) electrons. The molecule has 0 amide bonds. The lowest BCUT2D eigenvalue weighted by Crippen LogP contribution is -2.30. The normalized spacial score (nSPS) is 11.9. The fourth-order valence-electron chi connectivity index (χ4n) is 2.88. The molecule has 6 heteroatoms. The zero-order valence-corrected chi connectivity index (χ0v) is 15.4. The average molecular weight is 353 g/mol. The maximum Gasteiger partial charge on any atom is 0.165 e. The molecule has 2 aromatic carbocycles. The summed E-state index contributed by atoms with van der Waals surface area (Å²) >= 11 is 0. The zero-order chi connectivity index (χ0) is 18.6. The molecule has 3 aromatic rings. The number of rotatable bonds is 6. The summed E-state index contributed by atoms with van der Waals surface area (Å²) in [6, 6.07) is 16.9. The summed E-state index contributed by atoms with van der Waals surface area (Å²) in [6.45, 7) is 8.29. The molecular formula is C20H24FN5. The summed E-state index contributed by atoms with van der Waals surface area (Å²) in [5, 5.41) is 12.2. The lowest BCUT2D eigenvalue weighted by molar-refractivity contribution is 0.224. The molecule has 1 aromatic heterocycles. The molecule has 0 aliphatic heterocycles. The minimum atomic E-state index is -0.222. The van der Waals surface area contributed by atoms with Crippen molar-refractivity contribution in [3.63, 3.8) is 0 Å². The third-order valence-electron chi connectivity index (χ3n) is 4.10. The highest BCUT2D eigenvalue weighted by Crippen LogP contribution is 2.17. The van der Waals surface area contributed by atoms with Crippen LogP contribution in [-0.2, 0) is 25.2 Å². The van der Waals surface area contributed by atoms with E-state index < -0.39 is 0 Å². The first-order valence-corrected chi connectivity index (χ1v) is 8.70. The number of aromatic nitrogens is 4. The Hall–Kier alpha value is -2.60. The van der Waals surface area contributed by atoms with E-state index in [1.807, 2.05) is 35.0 Å². The molecule has 0 spiro atoms. The Morgan fingerprint density at radius 2 is 1.50 bits per heavy atom. The number of tetrazole rings is 1. The SMILES string of the molecule is CC(C)(C)n1nnnc1CN(Cc1ccccc1)Cc1ccc(F)cc1. The van der Waals surface area contributed by atoms with Crippen LogP contribution in [0.2, 0.25) is 0 Å². The average Bonchev–Trinajstić information content (AvgIpc) is 3.06. The highest BCUT2D eigenvalue weighted by molar-refractivity contribution is 5.18. The number of hydrogen-bond acceptors (Lipinski definition) is 4. The van der Waals surface area contributed by atoms with Gasteiger partial charge < -0.3 is 0 Å². The van der Waals surface area contributed by atoms with Gasteiger partial charge in [0.15, 0.2) is 5.82 Å². The van der Waals surface area contributed by atoms with E-state index in [4.69, 9.17) is 0 Å². The summed E-state index contributed by atoms with van der Waals surface area (Å²) in [5.74, 6) is 0.593. The second-order valence-electron chi connectivity index (χ2n) is 7.43. The van der Waals surface area contributed by atoms with Crippen LogP contribution in [0.3, 0.4) is 0 Å². The fourth-order valence-corrected chi connectivity index (χ4v) is 2.88. The van der Waals surface area contributed by atoms with Crippen LogP contribution >= 0.6 is 0 Å². The van der Waals surface area contributed by atoms with Crippen molar-refractivity contribution in [1.82, 2.24) is 25.1 Å². The molecule has 136 valence electrons. The summed E-state index contributed by atoms with van der Waals surface area (Å²) < 4.78 is 15.1. The molecular weight excluding hydrogens is 329 g/mol. The molecule has 26 heavy (non-hydrogen) atoms. The molecule has 1 heterocycles. The van der Waals surface area contributed by atoms with E-state index in [9.17, 15) is 4.39 Å². The summed E-state index contributed by atoms with van der Waals surface area (Å²) in [5.41, 5.74) is 2.08. The standard InChI is InChI=1S/C20H24FN5/c1-20(2,3)26-19(22-23-24-26)15-25(13-16-7-5-4-6-8-16)14-17-9-11-18(21)12-10-17/h4-12H,13-15H2,1-3H3. The van der Waals surface area contributed by atoms with Gasteiger partial charge in [0.1, 0.15) is 5.82 Å². The summed E-state index contributed by atoms with van der Waals surface area (Å²) in [7, 11) is 0. The molecule has 5 nitrogen and oxygen atoms in total. The fraction of sp³-hybridized carbons (Fsp3) is 0.350. The van der Waals surface area contributed by atoms with Gasteiger partial charge in [-0.05, 0) is 54.5 Å². The van der Waals surface area contributed by atoms with Crippen molar-refractivity contribution in [3.8, 4) is 0 Å². The third kappa shape index (κ3) is 4.73. The lowest BCUT2D eigenvalue weighted by atomic mass is 10.1. The largest absolute Gasteiger partial charge is 0.287 e. The minimum Gasteiger partial charge on any atom is -0.287 e. The summed E-state index contributed by atoms with van der Waals surface area (Å²) in [6.07, 6.45) is 0. The molecule has 0 N–H and O–H groups in total. The van der Waals surface area contributed by atoms with E-state index in [-0.39, 0.29) is 11.4 Å². The monoisotopic (exact) mass is 353 g/mol. The Morgan fingerprint density at radius 1 is 0.885 bits per heavy atom. The van der Waals surface area contributed by atoms with Crippen LogP contribution in [0.1, 0.15) is 37.7 Å². The molecule has 0 unspecified atom stereocenters. The predicted octanol–water partition coefficient (Wildman–Crippen LogP) is 3.77. The smallest absolute Gasteiger partial charge is 0.165 e. The number of hydrogen-bond donors (Lipinski definition) is 0. The Morgan fingerprint density at radius 3 is 2.12 bits per heavy atom. The number of halogens is 1. The molecule has 0 bridgehead atoms. The third-order valence-corrected chi connectivity index (χ3v) is 4.10. The van der Waals surface area contributed by atoms with Crippen molar-refractivity contribution in [3.05, 3.63) is 77.4 Å². The van der Waals surface area contributed by atoms with Gasteiger partial charge in [-0.15, -0.1) is 5.10 Å². The van der Waals surface area contributed by atoms with Crippen LogP contribution in [0, 0.1) is 5.82 Å². The van der Waals surface area contributed by atoms with Crippen molar-refractivity contribution in [2.24, 2.45) is 0 Å². The van der Waals surface area contributed by atoms with E-state index in [2.05, 4.69) is 53.3 Å². The Balaban J connectivity index is 1.83.